The normalized spacial score (nSPS) is 11.2. The van der Waals surface area contributed by atoms with E-state index in [0.717, 1.165) is 0 Å². The molecule has 1 N–H and O–H groups in total. The van der Waals surface area contributed by atoms with Crippen molar-refractivity contribution >= 4 is 5.91 Å². The molecule has 0 radical (unpaired) electrons. The van der Waals surface area contributed by atoms with Crippen LogP contribution in [0.4, 0.5) is 13.2 Å². The molecule has 0 spiro atoms. The van der Waals surface area contributed by atoms with E-state index in [1.54, 1.807) is 24.3 Å². The van der Waals surface area contributed by atoms with Crippen molar-refractivity contribution in [1.82, 2.24) is 4.90 Å². The minimum absolute atomic E-state index is 0.208. The number of para-hydroxylation sites is 1. The van der Waals surface area contributed by atoms with Crippen molar-refractivity contribution in [1.29, 1.82) is 0 Å². The van der Waals surface area contributed by atoms with E-state index in [9.17, 15) is 18.0 Å². The fraction of sp³-hybridized carbons (Fsp3) is 0.462. The summed E-state index contributed by atoms with van der Waals surface area (Å²) >= 11 is 0. The SMILES string of the molecule is COc1ccccc1CC(=O)N(CCO)CC(F)(F)F. The highest BCUT2D eigenvalue weighted by atomic mass is 19.4. The summed E-state index contributed by atoms with van der Waals surface area (Å²) in [5, 5.41) is 8.76. The zero-order valence-corrected chi connectivity index (χ0v) is 11.0. The van der Waals surface area contributed by atoms with Crippen LogP contribution in [0.5, 0.6) is 5.75 Å². The predicted octanol–water partition coefficient (Wildman–Crippen LogP) is 1.62. The first-order valence-electron chi connectivity index (χ1n) is 5.94. The van der Waals surface area contributed by atoms with Gasteiger partial charge in [-0.2, -0.15) is 13.2 Å². The molecule has 0 aliphatic carbocycles. The lowest BCUT2D eigenvalue weighted by molar-refractivity contribution is -0.161. The van der Waals surface area contributed by atoms with Crippen molar-refractivity contribution in [3.63, 3.8) is 0 Å². The standard InChI is InChI=1S/C13H16F3NO3/c1-20-11-5-3-2-4-10(11)8-12(19)17(6-7-18)9-13(14,15)16/h2-5,18H,6-9H2,1H3. The van der Waals surface area contributed by atoms with E-state index in [1.807, 2.05) is 0 Å². The number of benzene rings is 1. The van der Waals surface area contributed by atoms with Crippen molar-refractivity contribution < 1.29 is 27.8 Å². The molecule has 0 heterocycles. The number of halogens is 3. The Morgan fingerprint density at radius 1 is 1.35 bits per heavy atom. The van der Waals surface area contributed by atoms with Crippen LogP contribution < -0.4 is 4.74 Å². The molecule has 0 aliphatic heterocycles. The number of aliphatic hydroxyl groups is 1. The van der Waals surface area contributed by atoms with Crippen molar-refractivity contribution in [2.24, 2.45) is 0 Å². The van der Waals surface area contributed by atoms with Crippen molar-refractivity contribution in [2.75, 3.05) is 26.8 Å². The number of ether oxygens (including phenoxy) is 1. The van der Waals surface area contributed by atoms with Crippen LogP contribution in [-0.2, 0) is 11.2 Å². The van der Waals surface area contributed by atoms with Crippen molar-refractivity contribution in [2.45, 2.75) is 12.6 Å². The zero-order valence-electron chi connectivity index (χ0n) is 11.0. The number of hydrogen-bond donors (Lipinski definition) is 1. The minimum atomic E-state index is -4.49. The fourth-order valence-electron chi connectivity index (χ4n) is 1.75. The van der Waals surface area contributed by atoms with E-state index in [4.69, 9.17) is 9.84 Å². The lowest BCUT2D eigenvalue weighted by atomic mass is 10.1. The van der Waals surface area contributed by atoms with Gasteiger partial charge in [0.15, 0.2) is 0 Å². The molecule has 0 saturated heterocycles. The van der Waals surface area contributed by atoms with Gasteiger partial charge in [0, 0.05) is 12.1 Å². The Bertz CT molecular complexity index is 449. The topological polar surface area (TPSA) is 49.8 Å². The summed E-state index contributed by atoms with van der Waals surface area (Å²) in [6, 6.07) is 6.61. The second-order valence-corrected chi connectivity index (χ2v) is 4.14. The lowest BCUT2D eigenvalue weighted by Gasteiger charge is -2.23. The summed E-state index contributed by atoms with van der Waals surface area (Å²) in [5.41, 5.74) is 0.505. The number of carbonyl (C=O) groups excluding carboxylic acids is 1. The van der Waals surface area contributed by atoms with Gasteiger partial charge in [0.2, 0.25) is 5.91 Å². The maximum Gasteiger partial charge on any atom is 0.406 e. The molecule has 7 heteroatoms. The van der Waals surface area contributed by atoms with Gasteiger partial charge in [-0.15, -0.1) is 0 Å². The first-order chi connectivity index (χ1) is 9.37. The maximum atomic E-state index is 12.4. The van der Waals surface area contributed by atoms with Crippen LogP contribution in [0.1, 0.15) is 5.56 Å². The Morgan fingerprint density at radius 3 is 2.55 bits per heavy atom. The van der Waals surface area contributed by atoms with Crippen molar-refractivity contribution in [3.05, 3.63) is 29.8 Å². The number of amides is 1. The molecular formula is C13H16F3NO3. The smallest absolute Gasteiger partial charge is 0.406 e. The monoisotopic (exact) mass is 291 g/mol. The molecule has 0 atom stereocenters. The molecule has 0 aliphatic rings. The summed E-state index contributed by atoms with van der Waals surface area (Å²) in [6.07, 6.45) is -4.70. The van der Waals surface area contributed by atoms with E-state index in [1.165, 1.54) is 7.11 Å². The highest BCUT2D eigenvalue weighted by molar-refractivity contribution is 5.79. The number of alkyl halides is 3. The Morgan fingerprint density at radius 2 is 2.00 bits per heavy atom. The van der Waals surface area contributed by atoms with Gasteiger partial charge in [-0.25, -0.2) is 0 Å². The number of hydrogen-bond acceptors (Lipinski definition) is 3. The molecule has 1 amide bonds. The molecule has 0 aromatic heterocycles. The zero-order chi connectivity index (χ0) is 15.2. The van der Waals surface area contributed by atoms with Crippen LogP contribution in [-0.4, -0.2) is 48.9 Å². The molecule has 1 rings (SSSR count). The first kappa shape index (κ1) is 16.3. The van der Waals surface area contributed by atoms with Gasteiger partial charge in [-0.3, -0.25) is 4.79 Å². The Kier molecular flexibility index (Phi) is 5.82. The Hall–Kier alpha value is -1.76. The number of nitrogens with zero attached hydrogens (tertiary/aromatic N) is 1. The summed E-state index contributed by atoms with van der Waals surface area (Å²) in [4.78, 5) is 12.5. The van der Waals surface area contributed by atoms with Gasteiger partial charge >= 0.3 is 6.18 Å². The van der Waals surface area contributed by atoms with Gasteiger partial charge in [0.05, 0.1) is 20.1 Å². The van der Waals surface area contributed by atoms with Crippen LogP contribution in [0.3, 0.4) is 0 Å². The van der Waals surface area contributed by atoms with Gasteiger partial charge in [0.25, 0.3) is 0 Å². The number of aliphatic hydroxyl groups excluding tert-OH is 1. The predicted molar refractivity (Wildman–Crippen MR) is 66.4 cm³/mol. The van der Waals surface area contributed by atoms with Crippen LogP contribution in [0.2, 0.25) is 0 Å². The minimum Gasteiger partial charge on any atom is -0.496 e. The molecule has 0 bridgehead atoms. The first-order valence-corrected chi connectivity index (χ1v) is 5.94. The molecule has 4 nitrogen and oxygen atoms in total. The summed E-state index contributed by atoms with van der Waals surface area (Å²) in [5.74, 6) is -0.266. The second-order valence-electron chi connectivity index (χ2n) is 4.14. The summed E-state index contributed by atoms with van der Waals surface area (Å²) < 4.78 is 42.2. The Labute approximate surface area is 114 Å². The average Bonchev–Trinajstić information content (AvgIpc) is 2.37. The molecule has 0 saturated carbocycles. The van der Waals surface area contributed by atoms with E-state index >= 15 is 0 Å². The van der Waals surface area contributed by atoms with Crippen LogP contribution in [0.25, 0.3) is 0 Å². The van der Waals surface area contributed by atoms with E-state index in [-0.39, 0.29) is 13.0 Å². The molecule has 112 valence electrons. The lowest BCUT2D eigenvalue weighted by Crippen LogP contribution is -2.41. The molecular weight excluding hydrogens is 275 g/mol. The van der Waals surface area contributed by atoms with E-state index in [2.05, 4.69) is 0 Å². The van der Waals surface area contributed by atoms with Gasteiger partial charge < -0.3 is 14.7 Å². The van der Waals surface area contributed by atoms with Crippen LogP contribution in [0.15, 0.2) is 24.3 Å². The number of carbonyl (C=O) groups is 1. The molecule has 1 aromatic carbocycles. The highest BCUT2D eigenvalue weighted by Gasteiger charge is 2.32. The maximum absolute atomic E-state index is 12.4. The van der Waals surface area contributed by atoms with Gasteiger partial charge in [-0.05, 0) is 6.07 Å². The number of methoxy groups -OCH3 is 1. The third-order valence-electron chi connectivity index (χ3n) is 2.63. The van der Waals surface area contributed by atoms with E-state index < -0.39 is 25.2 Å². The van der Waals surface area contributed by atoms with Crippen molar-refractivity contribution in [3.8, 4) is 5.75 Å². The van der Waals surface area contributed by atoms with Gasteiger partial charge in [-0.1, -0.05) is 18.2 Å². The fourth-order valence-corrected chi connectivity index (χ4v) is 1.75. The molecule has 1 aromatic rings. The van der Waals surface area contributed by atoms with E-state index in [0.29, 0.717) is 16.2 Å². The molecule has 0 fully saturated rings. The second kappa shape index (κ2) is 7.14. The molecule has 0 unspecified atom stereocenters. The summed E-state index contributed by atoms with van der Waals surface area (Å²) in [7, 11) is 1.42. The number of rotatable bonds is 6. The third kappa shape index (κ3) is 5.08. The van der Waals surface area contributed by atoms with Crippen LogP contribution >= 0.6 is 0 Å². The highest BCUT2D eigenvalue weighted by Crippen LogP contribution is 2.20. The van der Waals surface area contributed by atoms with Crippen LogP contribution in [0, 0.1) is 0 Å². The molecule has 20 heavy (non-hydrogen) atoms. The van der Waals surface area contributed by atoms with Gasteiger partial charge in [0.1, 0.15) is 12.3 Å². The largest absolute Gasteiger partial charge is 0.496 e. The quantitative estimate of drug-likeness (QED) is 0.866. The Balaban J connectivity index is 2.80. The summed E-state index contributed by atoms with van der Waals surface area (Å²) in [6.45, 7) is -2.25. The third-order valence-corrected chi connectivity index (χ3v) is 2.63. The average molecular weight is 291 g/mol.